The lowest BCUT2D eigenvalue weighted by Crippen LogP contribution is -2.46. The van der Waals surface area contributed by atoms with Crippen LogP contribution in [0.15, 0.2) is 48.8 Å². The molecule has 0 aliphatic carbocycles. The van der Waals surface area contributed by atoms with Gasteiger partial charge in [0.2, 0.25) is 11.8 Å². The molecule has 2 aliphatic heterocycles. The summed E-state index contributed by atoms with van der Waals surface area (Å²) in [4.78, 5) is 63.8. The summed E-state index contributed by atoms with van der Waals surface area (Å²) in [5.41, 5.74) is 0.413. The van der Waals surface area contributed by atoms with E-state index < -0.39 is 28.9 Å². The smallest absolute Gasteiger partial charge is 0.330 e. The summed E-state index contributed by atoms with van der Waals surface area (Å²) in [6.07, 6.45) is 7.45. The number of hydroxylamine groups is 2. The number of pyridine rings is 1. The van der Waals surface area contributed by atoms with Crippen molar-refractivity contribution in [3.8, 4) is 5.75 Å². The molecule has 0 saturated carbocycles. The van der Waals surface area contributed by atoms with Crippen molar-refractivity contribution in [3.63, 3.8) is 0 Å². The van der Waals surface area contributed by atoms with Gasteiger partial charge in [0, 0.05) is 38.8 Å². The van der Waals surface area contributed by atoms with Gasteiger partial charge in [-0.15, -0.1) is 5.06 Å². The van der Waals surface area contributed by atoms with Gasteiger partial charge in [-0.25, -0.2) is 4.79 Å². The van der Waals surface area contributed by atoms with Crippen LogP contribution in [0.4, 0.5) is 0 Å². The van der Waals surface area contributed by atoms with Crippen LogP contribution in [0, 0.1) is 17.3 Å². The standard InChI is InChI=1S/C38H54N4O7/c1-37(2,3)36(46)49-42-19-16-27(17-20-42)14-15-33(43)41-18-10-13-29(25-41)35(45)40-32(22-34(44)48-38(4,5)6)30-21-31(24-39-23-30)47-26-28-11-8-7-9-12-28/h7-9,11-12,21,23-24,27,29,32H,10,13-20,22,25-26H2,1-6H3,(H,40,45)/t29-,32+/m1/s1. The summed E-state index contributed by atoms with van der Waals surface area (Å²) in [5, 5.41) is 4.81. The lowest BCUT2D eigenvalue weighted by atomic mass is 9.92. The topological polar surface area (TPSA) is 127 Å². The predicted molar refractivity (Wildman–Crippen MR) is 185 cm³/mol. The first-order valence-electron chi connectivity index (χ1n) is 17.6. The van der Waals surface area contributed by atoms with Crippen molar-refractivity contribution >= 4 is 23.8 Å². The third-order valence-corrected chi connectivity index (χ3v) is 8.80. The SMILES string of the molecule is CC(C)(C)OC(=O)C[C@H](NC(=O)[C@@H]1CCCN(C(=O)CCC2CCN(OC(=O)C(C)(C)C)CC2)C1)c1cncc(OCc2ccccc2)c1. The fourth-order valence-electron chi connectivity index (χ4n) is 5.98. The Morgan fingerprint density at radius 3 is 2.35 bits per heavy atom. The molecule has 4 rings (SSSR count). The lowest BCUT2D eigenvalue weighted by molar-refractivity contribution is -0.206. The van der Waals surface area contributed by atoms with E-state index in [1.807, 2.05) is 51.1 Å². The van der Waals surface area contributed by atoms with E-state index >= 15 is 0 Å². The van der Waals surface area contributed by atoms with Crippen molar-refractivity contribution in [2.24, 2.45) is 17.3 Å². The lowest BCUT2D eigenvalue weighted by Gasteiger charge is -2.34. The van der Waals surface area contributed by atoms with Gasteiger partial charge < -0.3 is 24.5 Å². The fraction of sp³-hybridized carbons (Fsp3) is 0.605. The first kappa shape index (κ1) is 37.8. The van der Waals surface area contributed by atoms with Gasteiger partial charge >= 0.3 is 11.9 Å². The van der Waals surface area contributed by atoms with E-state index in [-0.39, 0.29) is 24.2 Å². The van der Waals surface area contributed by atoms with Crippen molar-refractivity contribution in [2.45, 2.75) is 105 Å². The Bertz CT molecular complexity index is 1410. The van der Waals surface area contributed by atoms with Crippen molar-refractivity contribution in [1.29, 1.82) is 0 Å². The van der Waals surface area contributed by atoms with Gasteiger partial charge in [-0.2, -0.15) is 0 Å². The first-order valence-corrected chi connectivity index (χ1v) is 17.6. The van der Waals surface area contributed by atoms with Gasteiger partial charge in [-0.3, -0.25) is 19.4 Å². The van der Waals surface area contributed by atoms with Crippen LogP contribution in [0.2, 0.25) is 0 Å². The largest absolute Gasteiger partial charge is 0.487 e. The second-order valence-electron chi connectivity index (χ2n) is 15.3. The number of ether oxygens (including phenoxy) is 2. The molecule has 1 aromatic heterocycles. The molecule has 0 spiro atoms. The third kappa shape index (κ3) is 12.4. The van der Waals surface area contributed by atoms with E-state index in [1.54, 1.807) is 49.2 Å². The number of rotatable bonds is 12. The maximum atomic E-state index is 13.7. The van der Waals surface area contributed by atoms with Crippen LogP contribution in [0.1, 0.15) is 104 Å². The molecule has 2 aliphatic rings. The number of amides is 2. The average molecular weight is 679 g/mol. The molecule has 2 amide bonds. The minimum atomic E-state index is -0.685. The minimum absolute atomic E-state index is 0.0526. The highest BCUT2D eigenvalue weighted by molar-refractivity contribution is 5.82. The number of nitrogens with one attached hydrogen (secondary N) is 1. The number of likely N-dealkylation sites (tertiary alicyclic amines) is 1. The van der Waals surface area contributed by atoms with E-state index in [0.717, 1.165) is 31.2 Å². The average Bonchev–Trinajstić information content (AvgIpc) is 3.06. The Kier molecular flexibility index (Phi) is 13.2. The second kappa shape index (κ2) is 17.1. The van der Waals surface area contributed by atoms with E-state index in [2.05, 4.69) is 10.3 Å². The zero-order chi connectivity index (χ0) is 35.6. The number of esters is 1. The maximum Gasteiger partial charge on any atom is 0.330 e. The normalized spacial score (nSPS) is 18.3. The molecule has 3 heterocycles. The highest BCUT2D eigenvalue weighted by Gasteiger charge is 2.32. The maximum absolute atomic E-state index is 13.7. The molecular weight excluding hydrogens is 624 g/mol. The van der Waals surface area contributed by atoms with Gasteiger partial charge in [0.15, 0.2) is 0 Å². The van der Waals surface area contributed by atoms with Crippen LogP contribution in [-0.2, 0) is 35.4 Å². The Balaban J connectivity index is 1.32. The monoisotopic (exact) mass is 678 g/mol. The van der Waals surface area contributed by atoms with E-state index in [0.29, 0.717) is 62.9 Å². The molecule has 1 N–H and O–H groups in total. The van der Waals surface area contributed by atoms with Gasteiger partial charge in [-0.1, -0.05) is 30.3 Å². The molecule has 2 saturated heterocycles. The van der Waals surface area contributed by atoms with Crippen LogP contribution in [0.25, 0.3) is 0 Å². The molecule has 2 atom stereocenters. The second-order valence-corrected chi connectivity index (χ2v) is 15.3. The predicted octanol–water partition coefficient (Wildman–Crippen LogP) is 5.78. The molecule has 49 heavy (non-hydrogen) atoms. The summed E-state index contributed by atoms with van der Waals surface area (Å²) < 4.78 is 11.6. The van der Waals surface area contributed by atoms with Gasteiger partial charge in [-0.05, 0) is 96.8 Å². The first-order chi connectivity index (χ1) is 23.2. The van der Waals surface area contributed by atoms with Crippen LogP contribution >= 0.6 is 0 Å². The molecule has 1 aromatic carbocycles. The number of carbonyl (C=O) groups is 4. The van der Waals surface area contributed by atoms with Crippen molar-refractivity contribution in [1.82, 2.24) is 20.3 Å². The van der Waals surface area contributed by atoms with Crippen LogP contribution in [0.3, 0.4) is 0 Å². The Morgan fingerprint density at radius 2 is 1.67 bits per heavy atom. The quantitative estimate of drug-likeness (QED) is 0.278. The van der Waals surface area contributed by atoms with Crippen molar-refractivity contribution in [3.05, 3.63) is 59.9 Å². The summed E-state index contributed by atoms with van der Waals surface area (Å²) in [6, 6.07) is 10.9. The minimum Gasteiger partial charge on any atom is -0.487 e. The van der Waals surface area contributed by atoms with Crippen LogP contribution in [0.5, 0.6) is 5.75 Å². The van der Waals surface area contributed by atoms with E-state index in [9.17, 15) is 19.2 Å². The molecule has 268 valence electrons. The molecule has 0 bridgehead atoms. The number of piperidine rings is 2. The molecule has 11 heteroatoms. The van der Waals surface area contributed by atoms with E-state index in [1.165, 1.54) is 0 Å². The Morgan fingerprint density at radius 1 is 0.959 bits per heavy atom. The Labute approximate surface area is 291 Å². The van der Waals surface area contributed by atoms with E-state index in [4.69, 9.17) is 14.3 Å². The number of benzene rings is 1. The number of nitrogens with zero attached hydrogens (tertiary/aromatic N) is 3. The Hall–Kier alpha value is -3.99. The zero-order valence-corrected chi connectivity index (χ0v) is 30.0. The molecule has 2 aromatic rings. The highest BCUT2D eigenvalue weighted by atomic mass is 16.7. The molecule has 2 fully saturated rings. The molecular formula is C38H54N4O7. The third-order valence-electron chi connectivity index (χ3n) is 8.80. The van der Waals surface area contributed by atoms with Crippen molar-refractivity contribution in [2.75, 3.05) is 26.2 Å². The summed E-state index contributed by atoms with van der Waals surface area (Å²) >= 11 is 0. The molecule has 11 nitrogen and oxygen atoms in total. The zero-order valence-electron chi connectivity index (χ0n) is 30.0. The van der Waals surface area contributed by atoms with Crippen LogP contribution < -0.4 is 10.1 Å². The van der Waals surface area contributed by atoms with Gasteiger partial charge in [0.05, 0.1) is 30.0 Å². The van der Waals surface area contributed by atoms with Gasteiger partial charge in [0.25, 0.3) is 0 Å². The summed E-state index contributed by atoms with van der Waals surface area (Å²) in [5.74, 6) is -0.324. The van der Waals surface area contributed by atoms with Crippen LogP contribution in [-0.4, -0.2) is 70.5 Å². The summed E-state index contributed by atoms with van der Waals surface area (Å²) in [7, 11) is 0. The molecule has 0 radical (unpaired) electrons. The van der Waals surface area contributed by atoms with Crippen molar-refractivity contribution < 1.29 is 33.5 Å². The summed E-state index contributed by atoms with van der Waals surface area (Å²) in [6.45, 7) is 13.6. The molecule has 0 unspecified atom stereocenters. The number of hydrogen-bond acceptors (Lipinski definition) is 9. The highest BCUT2D eigenvalue weighted by Crippen LogP contribution is 2.27. The number of carbonyl (C=O) groups excluding carboxylic acids is 4. The van der Waals surface area contributed by atoms with Gasteiger partial charge in [0.1, 0.15) is 18.0 Å². The number of hydrogen-bond donors (Lipinski definition) is 1. The fourth-order valence-corrected chi connectivity index (χ4v) is 5.98. The number of aromatic nitrogens is 1.